The van der Waals surface area contributed by atoms with Crippen LogP contribution in [-0.4, -0.2) is 5.91 Å². The summed E-state index contributed by atoms with van der Waals surface area (Å²) in [5.74, 6) is -0.143. The maximum Gasteiger partial charge on any atom is 0.248 e. The third-order valence-electron chi connectivity index (χ3n) is 3.62. The van der Waals surface area contributed by atoms with Gasteiger partial charge < -0.3 is 10.6 Å². The highest BCUT2D eigenvalue weighted by Gasteiger charge is 2.35. The highest BCUT2D eigenvalue weighted by Crippen LogP contribution is 2.37. The summed E-state index contributed by atoms with van der Waals surface area (Å²) in [6, 6.07) is 14.4. The number of benzene rings is 2. The van der Waals surface area contributed by atoms with E-state index in [0.717, 1.165) is 21.3 Å². The molecule has 0 fully saturated rings. The van der Waals surface area contributed by atoms with Crippen molar-refractivity contribution < 1.29 is 4.79 Å². The monoisotopic (exact) mass is 341 g/mol. The Morgan fingerprint density at radius 3 is 2.81 bits per heavy atom. The Bertz CT molecular complexity index is 766. The third kappa shape index (κ3) is 2.33. The highest BCUT2D eigenvalue weighted by molar-refractivity contribution is 9.10. The van der Waals surface area contributed by atoms with Gasteiger partial charge in [0.25, 0.3) is 0 Å². The van der Waals surface area contributed by atoms with Crippen LogP contribution in [0.1, 0.15) is 22.7 Å². The van der Waals surface area contributed by atoms with E-state index in [-0.39, 0.29) is 5.91 Å². The second-order valence-corrected chi connectivity index (χ2v) is 5.79. The second-order valence-electron chi connectivity index (χ2n) is 4.87. The lowest BCUT2D eigenvalue weighted by Gasteiger charge is -2.18. The molecule has 5 heteroatoms. The van der Waals surface area contributed by atoms with E-state index in [9.17, 15) is 4.79 Å². The van der Waals surface area contributed by atoms with E-state index in [4.69, 9.17) is 11.0 Å². The molecule has 2 N–H and O–H groups in total. The average Bonchev–Trinajstić information content (AvgIpc) is 2.72. The van der Waals surface area contributed by atoms with Gasteiger partial charge in [-0.05, 0) is 23.8 Å². The fourth-order valence-corrected chi connectivity index (χ4v) is 2.88. The first-order valence-corrected chi connectivity index (χ1v) is 7.25. The van der Waals surface area contributed by atoms with Gasteiger partial charge in [0.05, 0.1) is 23.9 Å². The molecule has 0 saturated heterocycles. The van der Waals surface area contributed by atoms with Crippen molar-refractivity contribution in [3.8, 4) is 6.07 Å². The molecule has 1 aliphatic rings. The molecular weight excluding hydrogens is 330 g/mol. The Kier molecular flexibility index (Phi) is 3.50. The molecule has 2 aromatic rings. The largest absolute Gasteiger partial charge is 0.316 e. The van der Waals surface area contributed by atoms with E-state index in [1.807, 2.05) is 36.4 Å². The van der Waals surface area contributed by atoms with Gasteiger partial charge >= 0.3 is 0 Å². The fourth-order valence-electron chi connectivity index (χ4n) is 2.53. The molecule has 104 valence electrons. The van der Waals surface area contributed by atoms with Crippen LogP contribution in [0.5, 0.6) is 0 Å². The summed E-state index contributed by atoms with van der Waals surface area (Å²) in [4.78, 5) is 14.0. The SMILES string of the molecule is N#Cc1ccccc1CN1C(=O)C(N)c2ccc(Br)cc21. The van der Waals surface area contributed by atoms with Crippen molar-refractivity contribution in [3.63, 3.8) is 0 Å². The van der Waals surface area contributed by atoms with Gasteiger partial charge in [0.2, 0.25) is 5.91 Å². The van der Waals surface area contributed by atoms with Crippen LogP contribution in [0.4, 0.5) is 5.69 Å². The quantitative estimate of drug-likeness (QED) is 0.912. The van der Waals surface area contributed by atoms with Crippen LogP contribution in [0.2, 0.25) is 0 Å². The molecule has 0 aliphatic carbocycles. The third-order valence-corrected chi connectivity index (χ3v) is 4.11. The molecule has 1 atom stereocenters. The van der Waals surface area contributed by atoms with Crippen molar-refractivity contribution in [3.05, 3.63) is 63.6 Å². The summed E-state index contributed by atoms with van der Waals surface area (Å²) in [5, 5.41) is 9.16. The number of carbonyl (C=O) groups is 1. The molecule has 1 amide bonds. The number of halogens is 1. The zero-order chi connectivity index (χ0) is 15.0. The maximum atomic E-state index is 12.4. The predicted octanol–water partition coefficient (Wildman–Crippen LogP) is 2.87. The number of nitrogens with zero attached hydrogens (tertiary/aromatic N) is 2. The van der Waals surface area contributed by atoms with Crippen LogP contribution in [-0.2, 0) is 11.3 Å². The molecule has 0 bridgehead atoms. The molecule has 1 aliphatic heterocycles. The summed E-state index contributed by atoms with van der Waals surface area (Å²) >= 11 is 3.41. The number of nitriles is 1. The van der Waals surface area contributed by atoms with E-state index in [0.29, 0.717) is 12.1 Å². The highest BCUT2D eigenvalue weighted by atomic mass is 79.9. The molecule has 21 heavy (non-hydrogen) atoms. The van der Waals surface area contributed by atoms with Crippen molar-refractivity contribution >= 4 is 27.5 Å². The standard InChI is InChI=1S/C16H12BrN3O/c17-12-5-6-13-14(7-12)20(16(21)15(13)19)9-11-4-2-1-3-10(11)8-18/h1-7,15H,9,19H2. The second kappa shape index (κ2) is 5.32. The first kappa shape index (κ1) is 13.8. The van der Waals surface area contributed by atoms with E-state index in [1.165, 1.54) is 0 Å². The van der Waals surface area contributed by atoms with Crippen LogP contribution in [0.15, 0.2) is 46.9 Å². The number of anilines is 1. The van der Waals surface area contributed by atoms with Gasteiger partial charge in [-0.2, -0.15) is 5.26 Å². The fraction of sp³-hybridized carbons (Fsp3) is 0.125. The molecule has 0 spiro atoms. The smallest absolute Gasteiger partial charge is 0.248 e. The summed E-state index contributed by atoms with van der Waals surface area (Å²) in [6.45, 7) is 0.347. The predicted molar refractivity (Wildman–Crippen MR) is 83.4 cm³/mol. The minimum Gasteiger partial charge on any atom is -0.316 e. The number of nitrogens with two attached hydrogens (primary N) is 1. The number of amides is 1. The summed E-state index contributed by atoms with van der Waals surface area (Å²) in [7, 11) is 0. The average molecular weight is 342 g/mol. The zero-order valence-electron chi connectivity index (χ0n) is 11.1. The lowest BCUT2D eigenvalue weighted by molar-refractivity contribution is -0.119. The van der Waals surface area contributed by atoms with Crippen LogP contribution in [0.3, 0.4) is 0 Å². The van der Waals surface area contributed by atoms with Crippen molar-refractivity contribution in [1.29, 1.82) is 5.26 Å². The van der Waals surface area contributed by atoms with Crippen LogP contribution in [0, 0.1) is 11.3 Å². The topological polar surface area (TPSA) is 70.1 Å². The van der Waals surface area contributed by atoms with E-state index in [2.05, 4.69) is 22.0 Å². The van der Waals surface area contributed by atoms with Gasteiger partial charge in [-0.1, -0.05) is 40.2 Å². The molecule has 0 radical (unpaired) electrons. The van der Waals surface area contributed by atoms with Crippen LogP contribution >= 0.6 is 15.9 Å². The van der Waals surface area contributed by atoms with Crippen molar-refractivity contribution in [1.82, 2.24) is 0 Å². The molecule has 3 rings (SSSR count). The van der Waals surface area contributed by atoms with Gasteiger partial charge in [-0.15, -0.1) is 0 Å². The Morgan fingerprint density at radius 1 is 1.29 bits per heavy atom. The molecule has 1 heterocycles. The number of fused-ring (bicyclic) bond motifs is 1. The molecular formula is C16H12BrN3O. The van der Waals surface area contributed by atoms with Gasteiger partial charge in [0, 0.05) is 10.0 Å². The van der Waals surface area contributed by atoms with E-state index in [1.54, 1.807) is 11.0 Å². The maximum absolute atomic E-state index is 12.4. The summed E-state index contributed by atoms with van der Waals surface area (Å²) < 4.78 is 0.890. The molecule has 2 aromatic carbocycles. The van der Waals surface area contributed by atoms with Gasteiger partial charge in [0.15, 0.2) is 0 Å². The van der Waals surface area contributed by atoms with E-state index >= 15 is 0 Å². The molecule has 4 nitrogen and oxygen atoms in total. The van der Waals surface area contributed by atoms with Crippen molar-refractivity contribution in [2.45, 2.75) is 12.6 Å². The summed E-state index contributed by atoms with van der Waals surface area (Å²) in [5.41, 5.74) is 8.99. The minimum atomic E-state index is -0.637. The first-order valence-electron chi connectivity index (χ1n) is 6.46. The number of hydrogen-bond acceptors (Lipinski definition) is 3. The molecule has 1 unspecified atom stereocenters. The molecule has 0 aromatic heterocycles. The lowest BCUT2D eigenvalue weighted by Crippen LogP contribution is -2.31. The zero-order valence-corrected chi connectivity index (χ0v) is 12.7. The van der Waals surface area contributed by atoms with Gasteiger partial charge in [0.1, 0.15) is 6.04 Å². The Balaban J connectivity index is 2.02. The Morgan fingerprint density at radius 2 is 2.05 bits per heavy atom. The minimum absolute atomic E-state index is 0.143. The van der Waals surface area contributed by atoms with Gasteiger partial charge in [-0.3, -0.25) is 4.79 Å². The Labute approximate surface area is 130 Å². The Hall–Kier alpha value is -2.16. The summed E-state index contributed by atoms with van der Waals surface area (Å²) in [6.07, 6.45) is 0. The van der Waals surface area contributed by atoms with Crippen LogP contribution < -0.4 is 10.6 Å². The normalized spacial score (nSPS) is 16.7. The van der Waals surface area contributed by atoms with Crippen molar-refractivity contribution in [2.24, 2.45) is 5.73 Å². The number of hydrogen-bond donors (Lipinski definition) is 1. The van der Waals surface area contributed by atoms with Gasteiger partial charge in [-0.25, -0.2) is 0 Å². The number of rotatable bonds is 2. The van der Waals surface area contributed by atoms with E-state index < -0.39 is 6.04 Å². The van der Waals surface area contributed by atoms with Crippen molar-refractivity contribution in [2.75, 3.05) is 4.90 Å². The number of carbonyl (C=O) groups excluding carboxylic acids is 1. The lowest BCUT2D eigenvalue weighted by atomic mass is 10.1. The molecule has 0 saturated carbocycles. The first-order chi connectivity index (χ1) is 10.1. The van der Waals surface area contributed by atoms with Crippen LogP contribution in [0.25, 0.3) is 0 Å².